The molecule has 1 aromatic heterocycles. The first-order chi connectivity index (χ1) is 7.77. The quantitative estimate of drug-likeness (QED) is 0.685. The average Bonchev–Trinajstić information content (AvgIpc) is 2.65. The van der Waals surface area contributed by atoms with Crippen LogP contribution in [0.25, 0.3) is 0 Å². The zero-order valence-corrected chi connectivity index (χ0v) is 10.2. The minimum Gasteiger partial charge on any atom is -0.396 e. The Labute approximate surface area is 96.9 Å². The van der Waals surface area contributed by atoms with Crippen molar-refractivity contribution in [2.45, 2.75) is 32.7 Å². The van der Waals surface area contributed by atoms with Crippen molar-refractivity contribution in [3.05, 3.63) is 12.2 Å². The van der Waals surface area contributed by atoms with Crippen LogP contribution in [0.4, 0.5) is 0 Å². The van der Waals surface area contributed by atoms with Gasteiger partial charge in [0.2, 0.25) is 0 Å². The summed E-state index contributed by atoms with van der Waals surface area (Å²) in [5, 5.41) is 20.1. The fourth-order valence-electron chi connectivity index (χ4n) is 1.79. The number of aryl methyl sites for hydroxylation is 1. The van der Waals surface area contributed by atoms with Gasteiger partial charge in [-0.15, -0.1) is 10.2 Å². The predicted octanol–water partition coefficient (Wildman–Crippen LogP) is 0.703. The first kappa shape index (κ1) is 13.1. The molecule has 1 heterocycles. The molecule has 0 spiro atoms. The molecule has 0 radical (unpaired) electrons. The van der Waals surface area contributed by atoms with E-state index in [0.29, 0.717) is 5.92 Å². The van der Waals surface area contributed by atoms with Gasteiger partial charge in [-0.25, -0.2) is 0 Å². The van der Waals surface area contributed by atoms with Crippen molar-refractivity contribution in [1.82, 2.24) is 20.1 Å². The highest BCUT2D eigenvalue weighted by molar-refractivity contribution is 4.83. The summed E-state index contributed by atoms with van der Waals surface area (Å²) in [4.78, 5) is 0. The van der Waals surface area contributed by atoms with Crippen LogP contribution in [0.5, 0.6) is 0 Å². The van der Waals surface area contributed by atoms with Crippen LogP contribution in [0, 0.1) is 5.92 Å². The third kappa shape index (κ3) is 4.28. The SMILES string of the molecule is CCCC(CCO)CNCc1nncn1C. The molecule has 0 aliphatic rings. The highest BCUT2D eigenvalue weighted by Gasteiger charge is 2.07. The summed E-state index contributed by atoms with van der Waals surface area (Å²) in [6, 6.07) is 0. The van der Waals surface area contributed by atoms with Crippen LogP contribution in [-0.2, 0) is 13.6 Å². The van der Waals surface area contributed by atoms with E-state index in [9.17, 15) is 0 Å². The van der Waals surface area contributed by atoms with Gasteiger partial charge >= 0.3 is 0 Å². The van der Waals surface area contributed by atoms with E-state index in [1.807, 2.05) is 11.6 Å². The lowest BCUT2D eigenvalue weighted by atomic mass is 10.0. The van der Waals surface area contributed by atoms with Gasteiger partial charge in [0.25, 0.3) is 0 Å². The largest absolute Gasteiger partial charge is 0.396 e. The van der Waals surface area contributed by atoms with Crippen LogP contribution >= 0.6 is 0 Å². The highest BCUT2D eigenvalue weighted by Crippen LogP contribution is 2.09. The number of hydrogen-bond donors (Lipinski definition) is 2. The molecule has 16 heavy (non-hydrogen) atoms. The second kappa shape index (κ2) is 7.35. The molecule has 5 nitrogen and oxygen atoms in total. The molecule has 0 saturated heterocycles. The third-order valence-corrected chi connectivity index (χ3v) is 2.76. The Bertz CT molecular complexity index is 281. The molecule has 0 aliphatic heterocycles. The van der Waals surface area contributed by atoms with E-state index in [2.05, 4.69) is 22.4 Å². The molecule has 5 heteroatoms. The summed E-state index contributed by atoms with van der Waals surface area (Å²) < 4.78 is 1.91. The first-order valence-electron chi connectivity index (χ1n) is 5.92. The van der Waals surface area contributed by atoms with Gasteiger partial charge < -0.3 is 15.0 Å². The summed E-state index contributed by atoms with van der Waals surface area (Å²) >= 11 is 0. The van der Waals surface area contributed by atoms with Crippen LogP contribution in [0.15, 0.2) is 6.33 Å². The lowest BCUT2D eigenvalue weighted by Gasteiger charge is -2.15. The van der Waals surface area contributed by atoms with E-state index in [1.165, 1.54) is 0 Å². The van der Waals surface area contributed by atoms with Crippen LogP contribution < -0.4 is 5.32 Å². The lowest BCUT2D eigenvalue weighted by molar-refractivity contribution is 0.247. The molecule has 1 unspecified atom stereocenters. The smallest absolute Gasteiger partial charge is 0.146 e. The third-order valence-electron chi connectivity index (χ3n) is 2.76. The van der Waals surface area contributed by atoms with Gasteiger partial charge in [0.05, 0.1) is 6.54 Å². The number of nitrogens with one attached hydrogen (secondary N) is 1. The van der Waals surface area contributed by atoms with Gasteiger partial charge in [-0.3, -0.25) is 0 Å². The van der Waals surface area contributed by atoms with Crippen molar-refractivity contribution in [3.8, 4) is 0 Å². The molecule has 0 saturated carbocycles. The molecular weight excluding hydrogens is 204 g/mol. The van der Waals surface area contributed by atoms with E-state index in [-0.39, 0.29) is 6.61 Å². The van der Waals surface area contributed by atoms with Gasteiger partial charge in [0.15, 0.2) is 0 Å². The number of aromatic nitrogens is 3. The molecule has 0 aliphatic carbocycles. The number of aliphatic hydroxyl groups excluding tert-OH is 1. The molecule has 0 fully saturated rings. The standard InChI is InChI=1S/C11H22N4O/c1-3-4-10(5-6-16)7-12-8-11-14-13-9-15(11)2/h9-10,12,16H,3-8H2,1-2H3. The number of rotatable bonds is 8. The zero-order valence-electron chi connectivity index (χ0n) is 10.2. The summed E-state index contributed by atoms with van der Waals surface area (Å²) in [5.41, 5.74) is 0. The summed E-state index contributed by atoms with van der Waals surface area (Å²) in [6.45, 7) is 4.12. The van der Waals surface area contributed by atoms with Crippen LogP contribution in [0.2, 0.25) is 0 Å². The van der Waals surface area contributed by atoms with Crippen molar-refractivity contribution >= 4 is 0 Å². The van der Waals surface area contributed by atoms with Gasteiger partial charge in [-0.2, -0.15) is 0 Å². The minimum absolute atomic E-state index is 0.274. The highest BCUT2D eigenvalue weighted by atomic mass is 16.3. The van der Waals surface area contributed by atoms with E-state index < -0.39 is 0 Å². The Morgan fingerprint density at radius 1 is 1.50 bits per heavy atom. The molecule has 0 amide bonds. The Hall–Kier alpha value is -0.940. The first-order valence-corrected chi connectivity index (χ1v) is 5.92. The zero-order chi connectivity index (χ0) is 11.8. The van der Waals surface area contributed by atoms with Crippen molar-refractivity contribution in [1.29, 1.82) is 0 Å². The molecule has 1 atom stereocenters. The Balaban J connectivity index is 2.24. The number of aliphatic hydroxyl groups is 1. The number of nitrogens with zero attached hydrogens (tertiary/aromatic N) is 3. The molecule has 2 N–H and O–H groups in total. The second-order valence-electron chi connectivity index (χ2n) is 4.16. The normalized spacial score (nSPS) is 12.9. The second-order valence-corrected chi connectivity index (χ2v) is 4.16. The lowest BCUT2D eigenvalue weighted by Crippen LogP contribution is -2.24. The molecule has 1 rings (SSSR count). The minimum atomic E-state index is 0.274. The molecule has 1 aromatic rings. The Morgan fingerprint density at radius 3 is 2.88 bits per heavy atom. The maximum absolute atomic E-state index is 8.94. The Morgan fingerprint density at radius 2 is 2.31 bits per heavy atom. The van der Waals surface area contributed by atoms with E-state index in [0.717, 1.165) is 38.2 Å². The molecule has 0 bridgehead atoms. The van der Waals surface area contributed by atoms with Crippen LogP contribution in [0.1, 0.15) is 32.0 Å². The fourth-order valence-corrected chi connectivity index (χ4v) is 1.79. The van der Waals surface area contributed by atoms with Crippen molar-refractivity contribution in [2.24, 2.45) is 13.0 Å². The Kier molecular flexibility index (Phi) is 6.03. The van der Waals surface area contributed by atoms with E-state index in [1.54, 1.807) is 6.33 Å². The maximum atomic E-state index is 8.94. The maximum Gasteiger partial charge on any atom is 0.146 e. The van der Waals surface area contributed by atoms with Gasteiger partial charge in [0.1, 0.15) is 12.2 Å². The van der Waals surface area contributed by atoms with Gasteiger partial charge in [-0.1, -0.05) is 13.3 Å². The molecule has 92 valence electrons. The molecule has 0 aromatic carbocycles. The molecular formula is C11H22N4O. The van der Waals surface area contributed by atoms with Crippen molar-refractivity contribution in [3.63, 3.8) is 0 Å². The topological polar surface area (TPSA) is 63.0 Å². The fraction of sp³-hybridized carbons (Fsp3) is 0.818. The van der Waals surface area contributed by atoms with Crippen molar-refractivity contribution < 1.29 is 5.11 Å². The van der Waals surface area contributed by atoms with Gasteiger partial charge in [-0.05, 0) is 25.3 Å². The number of hydrogen-bond acceptors (Lipinski definition) is 4. The monoisotopic (exact) mass is 226 g/mol. The van der Waals surface area contributed by atoms with Crippen molar-refractivity contribution in [2.75, 3.05) is 13.2 Å². The summed E-state index contributed by atoms with van der Waals surface area (Å²) in [5.74, 6) is 1.50. The van der Waals surface area contributed by atoms with E-state index >= 15 is 0 Å². The van der Waals surface area contributed by atoms with Crippen LogP contribution in [0.3, 0.4) is 0 Å². The van der Waals surface area contributed by atoms with E-state index in [4.69, 9.17) is 5.11 Å². The predicted molar refractivity (Wildman–Crippen MR) is 62.8 cm³/mol. The average molecular weight is 226 g/mol. The van der Waals surface area contributed by atoms with Gasteiger partial charge in [0, 0.05) is 13.7 Å². The summed E-state index contributed by atoms with van der Waals surface area (Å²) in [7, 11) is 1.94. The van der Waals surface area contributed by atoms with Crippen LogP contribution in [-0.4, -0.2) is 33.0 Å². The summed E-state index contributed by atoms with van der Waals surface area (Å²) in [6.07, 6.45) is 4.90.